The zero-order chi connectivity index (χ0) is 11.4. The van der Waals surface area contributed by atoms with Crippen molar-refractivity contribution in [2.75, 3.05) is 5.32 Å². The third kappa shape index (κ3) is 3.09. The minimum atomic E-state index is -0.275. The lowest BCUT2D eigenvalue weighted by Crippen LogP contribution is -2.32. The van der Waals surface area contributed by atoms with Crippen LogP contribution in [-0.2, 0) is 0 Å². The van der Waals surface area contributed by atoms with Crippen LogP contribution in [0.15, 0.2) is 18.2 Å². The summed E-state index contributed by atoms with van der Waals surface area (Å²) in [5, 5.41) is 13.7. The van der Waals surface area contributed by atoms with Gasteiger partial charge in [0.15, 0.2) is 0 Å². The second-order valence-corrected chi connectivity index (χ2v) is 4.69. The van der Waals surface area contributed by atoms with E-state index in [2.05, 4.69) is 10.3 Å². The summed E-state index contributed by atoms with van der Waals surface area (Å²) in [4.78, 5) is 4.18. The van der Waals surface area contributed by atoms with Crippen LogP contribution >= 0.6 is 11.6 Å². The van der Waals surface area contributed by atoms with E-state index in [4.69, 9.17) is 11.6 Å². The number of aliphatic hydroxyl groups is 1. The standard InChI is InChI=1S/C12H17ClN2O/c13-11-7-4-8-12(15-11)14-9-5-2-1-3-6-10(9)16/h4,7-10,16H,1-3,5-6H2,(H,14,15). The highest BCUT2D eigenvalue weighted by Gasteiger charge is 2.21. The molecule has 1 aliphatic carbocycles. The maximum Gasteiger partial charge on any atom is 0.131 e. The molecule has 0 spiro atoms. The fourth-order valence-corrected chi connectivity index (χ4v) is 2.30. The maximum atomic E-state index is 9.96. The van der Waals surface area contributed by atoms with Gasteiger partial charge in [0, 0.05) is 0 Å². The Morgan fingerprint density at radius 2 is 2.06 bits per heavy atom. The quantitative estimate of drug-likeness (QED) is 0.617. The average Bonchev–Trinajstić information content (AvgIpc) is 2.45. The number of aliphatic hydroxyl groups excluding tert-OH is 1. The van der Waals surface area contributed by atoms with E-state index in [1.807, 2.05) is 12.1 Å². The molecule has 2 rings (SSSR count). The average molecular weight is 241 g/mol. The predicted molar refractivity (Wildman–Crippen MR) is 65.7 cm³/mol. The van der Waals surface area contributed by atoms with E-state index in [9.17, 15) is 5.11 Å². The summed E-state index contributed by atoms with van der Waals surface area (Å²) < 4.78 is 0. The van der Waals surface area contributed by atoms with E-state index in [0.717, 1.165) is 31.5 Å². The Kier molecular flexibility index (Phi) is 4.02. The third-order valence-corrected chi connectivity index (χ3v) is 3.24. The van der Waals surface area contributed by atoms with Crippen molar-refractivity contribution in [3.63, 3.8) is 0 Å². The molecule has 2 unspecified atom stereocenters. The molecule has 1 aliphatic rings. The number of nitrogens with zero attached hydrogens (tertiary/aromatic N) is 1. The molecule has 0 aliphatic heterocycles. The maximum absolute atomic E-state index is 9.96. The van der Waals surface area contributed by atoms with Crippen LogP contribution in [0.4, 0.5) is 5.82 Å². The molecule has 16 heavy (non-hydrogen) atoms. The predicted octanol–water partition coefficient (Wildman–Crippen LogP) is 2.84. The first kappa shape index (κ1) is 11.7. The Hall–Kier alpha value is -0.800. The molecule has 88 valence electrons. The van der Waals surface area contributed by atoms with Gasteiger partial charge < -0.3 is 10.4 Å². The molecule has 1 aromatic heterocycles. The highest BCUT2D eigenvalue weighted by Crippen LogP contribution is 2.21. The molecule has 0 amide bonds. The molecule has 1 saturated carbocycles. The number of halogens is 1. The summed E-state index contributed by atoms with van der Waals surface area (Å²) in [6, 6.07) is 5.59. The summed E-state index contributed by atoms with van der Waals surface area (Å²) in [6.07, 6.45) is 5.08. The Morgan fingerprint density at radius 1 is 1.25 bits per heavy atom. The zero-order valence-electron chi connectivity index (χ0n) is 9.19. The summed E-state index contributed by atoms with van der Waals surface area (Å²) in [5.41, 5.74) is 0. The summed E-state index contributed by atoms with van der Waals surface area (Å²) in [7, 11) is 0. The number of hydrogen-bond acceptors (Lipinski definition) is 3. The second kappa shape index (κ2) is 5.51. The molecule has 3 nitrogen and oxygen atoms in total. The van der Waals surface area contributed by atoms with E-state index in [0.29, 0.717) is 5.15 Å². The minimum absolute atomic E-state index is 0.105. The van der Waals surface area contributed by atoms with Gasteiger partial charge in [-0.3, -0.25) is 0 Å². The number of rotatable bonds is 2. The Bertz CT molecular complexity index is 346. The zero-order valence-corrected chi connectivity index (χ0v) is 9.95. The van der Waals surface area contributed by atoms with E-state index < -0.39 is 0 Å². The number of aromatic nitrogens is 1. The lowest BCUT2D eigenvalue weighted by Gasteiger charge is -2.22. The Morgan fingerprint density at radius 3 is 2.88 bits per heavy atom. The molecule has 4 heteroatoms. The molecule has 0 saturated heterocycles. The van der Waals surface area contributed by atoms with E-state index in [1.54, 1.807) is 6.07 Å². The van der Waals surface area contributed by atoms with Crippen LogP contribution in [0.3, 0.4) is 0 Å². The Balaban J connectivity index is 2.02. The van der Waals surface area contributed by atoms with Crippen LogP contribution in [0.5, 0.6) is 0 Å². The largest absolute Gasteiger partial charge is 0.391 e. The summed E-state index contributed by atoms with van der Waals surface area (Å²) in [6.45, 7) is 0. The van der Waals surface area contributed by atoms with Gasteiger partial charge in [0.1, 0.15) is 11.0 Å². The molecular formula is C12H17ClN2O. The van der Waals surface area contributed by atoms with Gasteiger partial charge in [-0.15, -0.1) is 0 Å². The van der Waals surface area contributed by atoms with E-state index in [-0.39, 0.29) is 12.1 Å². The van der Waals surface area contributed by atoms with Crippen molar-refractivity contribution >= 4 is 17.4 Å². The van der Waals surface area contributed by atoms with Crippen molar-refractivity contribution in [3.05, 3.63) is 23.4 Å². The number of hydrogen-bond donors (Lipinski definition) is 2. The van der Waals surface area contributed by atoms with Crippen LogP contribution in [0.25, 0.3) is 0 Å². The molecule has 1 fully saturated rings. The highest BCUT2D eigenvalue weighted by atomic mass is 35.5. The van der Waals surface area contributed by atoms with Gasteiger partial charge in [-0.2, -0.15) is 0 Å². The molecule has 1 aromatic rings. The normalized spacial score (nSPS) is 26.1. The lowest BCUT2D eigenvalue weighted by molar-refractivity contribution is 0.144. The first-order valence-electron chi connectivity index (χ1n) is 5.83. The van der Waals surface area contributed by atoms with Gasteiger partial charge in [-0.05, 0) is 25.0 Å². The van der Waals surface area contributed by atoms with Crippen LogP contribution in [0.2, 0.25) is 5.15 Å². The topological polar surface area (TPSA) is 45.1 Å². The third-order valence-electron chi connectivity index (χ3n) is 3.03. The monoisotopic (exact) mass is 240 g/mol. The molecule has 1 heterocycles. The van der Waals surface area contributed by atoms with Crippen molar-refractivity contribution in [1.82, 2.24) is 4.98 Å². The van der Waals surface area contributed by atoms with Crippen molar-refractivity contribution in [2.24, 2.45) is 0 Å². The van der Waals surface area contributed by atoms with E-state index >= 15 is 0 Å². The molecule has 0 aromatic carbocycles. The number of anilines is 1. The molecule has 2 N–H and O–H groups in total. The Labute approximate surface area is 101 Å². The number of nitrogens with one attached hydrogen (secondary N) is 1. The van der Waals surface area contributed by atoms with Crippen molar-refractivity contribution in [3.8, 4) is 0 Å². The van der Waals surface area contributed by atoms with Crippen molar-refractivity contribution in [1.29, 1.82) is 0 Å². The smallest absolute Gasteiger partial charge is 0.131 e. The lowest BCUT2D eigenvalue weighted by atomic mass is 10.1. The minimum Gasteiger partial charge on any atom is -0.391 e. The molecule has 0 bridgehead atoms. The fourth-order valence-electron chi connectivity index (χ4n) is 2.14. The van der Waals surface area contributed by atoms with Gasteiger partial charge in [-0.1, -0.05) is 36.9 Å². The van der Waals surface area contributed by atoms with Gasteiger partial charge in [0.2, 0.25) is 0 Å². The molecular weight excluding hydrogens is 224 g/mol. The van der Waals surface area contributed by atoms with Crippen molar-refractivity contribution in [2.45, 2.75) is 44.2 Å². The van der Waals surface area contributed by atoms with Crippen LogP contribution in [-0.4, -0.2) is 22.2 Å². The van der Waals surface area contributed by atoms with Gasteiger partial charge in [0.25, 0.3) is 0 Å². The second-order valence-electron chi connectivity index (χ2n) is 4.30. The van der Waals surface area contributed by atoms with Gasteiger partial charge in [-0.25, -0.2) is 4.98 Å². The fraction of sp³-hybridized carbons (Fsp3) is 0.583. The van der Waals surface area contributed by atoms with Crippen LogP contribution in [0, 0.1) is 0 Å². The van der Waals surface area contributed by atoms with Gasteiger partial charge >= 0.3 is 0 Å². The first-order valence-corrected chi connectivity index (χ1v) is 6.20. The summed E-state index contributed by atoms with van der Waals surface area (Å²) >= 11 is 5.82. The molecule has 2 atom stereocenters. The van der Waals surface area contributed by atoms with Crippen LogP contribution in [0.1, 0.15) is 32.1 Å². The number of pyridine rings is 1. The van der Waals surface area contributed by atoms with Crippen LogP contribution < -0.4 is 5.32 Å². The van der Waals surface area contributed by atoms with Gasteiger partial charge in [0.05, 0.1) is 12.1 Å². The van der Waals surface area contributed by atoms with Crippen molar-refractivity contribution < 1.29 is 5.11 Å². The SMILES string of the molecule is OC1CCCCCC1Nc1cccc(Cl)n1. The summed E-state index contributed by atoms with van der Waals surface area (Å²) in [5.74, 6) is 0.749. The highest BCUT2D eigenvalue weighted by molar-refractivity contribution is 6.29. The first-order chi connectivity index (χ1) is 7.75. The molecule has 0 radical (unpaired) electrons. The van der Waals surface area contributed by atoms with E-state index in [1.165, 1.54) is 6.42 Å².